The van der Waals surface area contributed by atoms with E-state index in [9.17, 15) is 14.0 Å². The lowest BCUT2D eigenvalue weighted by molar-refractivity contribution is -0.161. The zero-order chi connectivity index (χ0) is 35.2. The quantitative estimate of drug-likeness (QED) is 0.144. The first-order chi connectivity index (χ1) is 24.2. The molecular formula is C38H38Cl2FN3O6. The summed E-state index contributed by atoms with van der Waals surface area (Å²) in [4.78, 5) is 33.6. The lowest BCUT2D eigenvalue weighted by Gasteiger charge is -2.44. The number of hydrogen-bond donors (Lipinski definition) is 1. The van der Waals surface area contributed by atoms with Crippen LogP contribution in [0.15, 0.2) is 79.1 Å². The minimum absolute atomic E-state index is 0.166. The molecule has 3 aromatic carbocycles. The summed E-state index contributed by atoms with van der Waals surface area (Å²) in [6, 6.07) is 17.2. The molecule has 0 spiro atoms. The monoisotopic (exact) mass is 721 g/mol. The Labute approximate surface area is 300 Å². The molecule has 2 bridgehead atoms. The highest BCUT2D eigenvalue weighted by molar-refractivity contribution is 6.35. The predicted molar refractivity (Wildman–Crippen MR) is 187 cm³/mol. The lowest BCUT2D eigenvalue weighted by atomic mass is 9.86. The third kappa shape index (κ3) is 8.38. The van der Waals surface area contributed by atoms with Gasteiger partial charge in [0.1, 0.15) is 24.1 Å². The Balaban J connectivity index is 1.20. The van der Waals surface area contributed by atoms with Gasteiger partial charge in [-0.2, -0.15) is 0 Å². The number of methoxy groups -OCH3 is 2. The minimum Gasteiger partial charge on any atom is -0.493 e. The summed E-state index contributed by atoms with van der Waals surface area (Å²) in [6.45, 7) is 2.94. The van der Waals surface area contributed by atoms with Crippen molar-refractivity contribution in [3.05, 3.63) is 123 Å². The van der Waals surface area contributed by atoms with E-state index in [1.807, 2.05) is 6.07 Å². The van der Waals surface area contributed by atoms with Crippen LogP contribution < -0.4 is 14.8 Å². The van der Waals surface area contributed by atoms with Crippen molar-refractivity contribution in [2.24, 2.45) is 5.92 Å². The van der Waals surface area contributed by atoms with Gasteiger partial charge in [0.25, 0.3) is 0 Å². The molecule has 0 aliphatic carbocycles. The number of aromatic nitrogens is 1. The van der Waals surface area contributed by atoms with Gasteiger partial charge >= 0.3 is 11.9 Å². The summed E-state index contributed by atoms with van der Waals surface area (Å²) in [6.07, 6.45) is 4.12. The van der Waals surface area contributed by atoms with Crippen LogP contribution in [0.4, 0.5) is 4.39 Å². The number of ether oxygens (including phenoxy) is 4. The fourth-order valence-electron chi connectivity index (χ4n) is 6.61. The molecule has 262 valence electrons. The Morgan fingerprint density at radius 2 is 1.68 bits per heavy atom. The maximum atomic E-state index is 14.3. The molecule has 1 N–H and O–H groups in total. The van der Waals surface area contributed by atoms with Crippen molar-refractivity contribution in [3.8, 4) is 11.5 Å². The molecule has 0 amide bonds. The fourth-order valence-corrected chi connectivity index (χ4v) is 7.13. The highest BCUT2D eigenvalue weighted by Crippen LogP contribution is 2.36. The SMILES string of the molecule is COc1ccc([C@@H](Cc2c(Cl)cncc2Cl)OC(=O)c2cccc(CNC(C(=O)O[C@H]3CN4CCC3CC4)c3cccc(F)c3)c2)cc1OC. The zero-order valence-electron chi connectivity index (χ0n) is 27.7. The average Bonchev–Trinajstić information content (AvgIpc) is 3.13. The summed E-state index contributed by atoms with van der Waals surface area (Å²) in [5.41, 5.74) is 2.66. The first-order valence-corrected chi connectivity index (χ1v) is 17.2. The number of carbonyl (C=O) groups excluding carboxylic acids is 2. The summed E-state index contributed by atoms with van der Waals surface area (Å²) >= 11 is 12.9. The number of hydrogen-bond acceptors (Lipinski definition) is 9. The second-order valence-electron chi connectivity index (χ2n) is 12.5. The van der Waals surface area contributed by atoms with Crippen molar-refractivity contribution in [1.82, 2.24) is 15.2 Å². The molecule has 1 aromatic heterocycles. The van der Waals surface area contributed by atoms with Crippen LogP contribution in [0.1, 0.15) is 57.6 Å². The first kappa shape index (κ1) is 35.6. The van der Waals surface area contributed by atoms with E-state index in [0.717, 1.165) is 25.9 Å². The maximum Gasteiger partial charge on any atom is 0.338 e. The molecule has 3 saturated heterocycles. The van der Waals surface area contributed by atoms with E-state index >= 15 is 0 Å². The molecular weight excluding hydrogens is 684 g/mol. The minimum atomic E-state index is -0.916. The van der Waals surface area contributed by atoms with Gasteiger partial charge in [0.05, 0.1) is 29.8 Å². The van der Waals surface area contributed by atoms with Gasteiger partial charge in [-0.3, -0.25) is 15.2 Å². The Morgan fingerprint density at radius 3 is 2.36 bits per heavy atom. The second-order valence-corrected chi connectivity index (χ2v) is 13.3. The van der Waals surface area contributed by atoms with E-state index in [-0.39, 0.29) is 19.1 Å². The van der Waals surface area contributed by atoms with Gasteiger partial charge in [0, 0.05) is 31.9 Å². The van der Waals surface area contributed by atoms with E-state index in [1.54, 1.807) is 48.5 Å². The molecule has 0 radical (unpaired) electrons. The number of benzene rings is 3. The van der Waals surface area contributed by atoms with E-state index in [4.69, 9.17) is 42.1 Å². The van der Waals surface area contributed by atoms with Gasteiger partial charge < -0.3 is 18.9 Å². The summed E-state index contributed by atoms with van der Waals surface area (Å²) in [5, 5.41) is 3.93. The third-order valence-electron chi connectivity index (χ3n) is 9.32. The second kappa shape index (κ2) is 16.2. The van der Waals surface area contributed by atoms with Crippen LogP contribution in [0.25, 0.3) is 0 Å². The van der Waals surface area contributed by atoms with Gasteiger partial charge in [-0.25, -0.2) is 14.0 Å². The van der Waals surface area contributed by atoms with Crippen LogP contribution in [0, 0.1) is 11.7 Å². The van der Waals surface area contributed by atoms with Crippen LogP contribution >= 0.6 is 23.2 Å². The molecule has 3 aliphatic heterocycles. The van der Waals surface area contributed by atoms with Crippen LogP contribution in [0.3, 0.4) is 0 Å². The van der Waals surface area contributed by atoms with Crippen LogP contribution in [0.5, 0.6) is 11.5 Å². The Morgan fingerprint density at radius 1 is 0.940 bits per heavy atom. The van der Waals surface area contributed by atoms with Crippen molar-refractivity contribution in [3.63, 3.8) is 0 Å². The normalized spacial score (nSPS) is 19.3. The topological polar surface area (TPSA) is 99.2 Å². The number of esters is 2. The van der Waals surface area contributed by atoms with Gasteiger partial charge in [-0.05, 0) is 90.5 Å². The number of carbonyl (C=O) groups is 2. The zero-order valence-corrected chi connectivity index (χ0v) is 29.3. The van der Waals surface area contributed by atoms with E-state index in [1.165, 1.54) is 38.7 Å². The highest BCUT2D eigenvalue weighted by atomic mass is 35.5. The molecule has 0 saturated carbocycles. The molecule has 4 heterocycles. The van der Waals surface area contributed by atoms with Gasteiger partial charge in [0.15, 0.2) is 11.5 Å². The Kier molecular flexibility index (Phi) is 11.5. The number of rotatable bonds is 13. The van der Waals surface area contributed by atoms with Crippen molar-refractivity contribution in [1.29, 1.82) is 0 Å². The molecule has 12 heteroatoms. The predicted octanol–water partition coefficient (Wildman–Crippen LogP) is 7.15. The summed E-state index contributed by atoms with van der Waals surface area (Å²) in [7, 11) is 3.06. The molecule has 9 nitrogen and oxygen atoms in total. The van der Waals surface area contributed by atoms with E-state index < -0.39 is 29.9 Å². The number of halogens is 3. The first-order valence-electron chi connectivity index (χ1n) is 16.4. The van der Waals surface area contributed by atoms with Crippen molar-refractivity contribution < 1.29 is 32.9 Å². The number of fused-ring (bicyclic) bond motifs is 3. The number of nitrogens with zero attached hydrogens (tertiary/aromatic N) is 2. The van der Waals surface area contributed by atoms with Crippen molar-refractivity contribution in [2.45, 2.75) is 44.1 Å². The molecule has 4 aromatic rings. The number of nitrogens with one attached hydrogen (secondary N) is 1. The molecule has 3 aliphatic rings. The van der Waals surface area contributed by atoms with Crippen LogP contribution in [-0.4, -0.2) is 61.8 Å². The van der Waals surface area contributed by atoms with Crippen molar-refractivity contribution in [2.75, 3.05) is 33.9 Å². The van der Waals surface area contributed by atoms with Gasteiger partial charge in [-0.15, -0.1) is 0 Å². The van der Waals surface area contributed by atoms with Gasteiger partial charge in [-0.1, -0.05) is 53.5 Å². The summed E-state index contributed by atoms with van der Waals surface area (Å²) < 4.78 is 37.3. The Hall–Kier alpha value is -4.22. The molecule has 50 heavy (non-hydrogen) atoms. The third-order valence-corrected chi connectivity index (χ3v) is 9.98. The van der Waals surface area contributed by atoms with E-state index in [2.05, 4.69) is 15.2 Å². The number of pyridine rings is 1. The maximum absolute atomic E-state index is 14.3. The number of piperidine rings is 3. The lowest BCUT2D eigenvalue weighted by Crippen LogP contribution is -2.52. The largest absolute Gasteiger partial charge is 0.493 e. The molecule has 7 rings (SSSR count). The van der Waals surface area contributed by atoms with E-state index in [0.29, 0.717) is 61.8 Å². The van der Waals surface area contributed by atoms with Crippen LogP contribution in [-0.2, 0) is 27.2 Å². The standard InChI is InChI=1S/C38H38Cl2FN3O6/c1-47-32-10-9-25(17-34(32)48-2)33(18-29-30(39)20-42-21-31(29)40)49-37(45)27-7-3-5-23(15-27)19-43-36(26-6-4-8-28(41)16-26)38(46)50-35-22-44-13-11-24(35)12-14-44/h3-10,15-17,20-21,24,33,35-36,43H,11-14,18-19,22H2,1-2H3/t33-,35+,36?/m1/s1. The fraction of sp³-hybridized carbons (Fsp3) is 0.342. The molecule has 1 unspecified atom stereocenters. The summed E-state index contributed by atoms with van der Waals surface area (Å²) in [5.74, 6) is -0.189. The molecule has 3 atom stereocenters. The smallest absolute Gasteiger partial charge is 0.338 e. The van der Waals surface area contributed by atoms with Gasteiger partial charge in [0.2, 0.25) is 0 Å². The van der Waals surface area contributed by atoms with Crippen molar-refractivity contribution >= 4 is 35.1 Å². The Bertz CT molecular complexity index is 1820. The average molecular weight is 723 g/mol. The highest BCUT2D eigenvalue weighted by Gasteiger charge is 2.38. The molecule has 3 fully saturated rings. The van der Waals surface area contributed by atoms with Crippen LogP contribution in [0.2, 0.25) is 10.0 Å².